The van der Waals surface area contributed by atoms with Gasteiger partial charge < -0.3 is 10.6 Å². The van der Waals surface area contributed by atoms with Crippen molar-refractivity contribution < 1.29 is 4.79 Å². The highest BCUT2D eigenvalue weighted by Crippen LogP contribution is 2.18. The second kappa shape index (κ2) is 8.35. The average molecular weight is 401 g/mol. The van der Waals surface area contributed by atoms with E-state index in [9.17, 15) is 4.79 Å². The molecule has 1 aromatic heterocycles. The lowest BCUT2D eigenvalue weighted by Gasteiger charge is -2.21. The molecule has 18 heavy (non-hydrogen) atoms. The van der Waals surface area contributed by atoms with Crippen molar-refractivity contribution in [2.75, 3.05) is 19.6 Å². The second-order valence-corrected chi connectivity index (χ2v) is 7.33. The summed E-state index contributed by atoms with van der Waals surface area (Å²) in [6.45, 7) is 2.71. The first-order valence-corrected chi connectivity index (χ1v) is 7.88. The van der Waals surface area contributed by atoms with E-state index in [0.717, 1.165) is 38.9 Å². The Balaban J connectivity index is 0.00000162. The van der Waals surface area contributed by atoms with Crippen molar-refractivity contribution in [3.8, 4) is 0 Å². The summed E-state index contributed by atoms with van der Waals surface area (Å²) in [6, 6.07) is 4.26. The summed E-state index contributed by atoms with van der Waals surface area (Å²) in [5.74, 6) is 0.456. The molecule has 2 N–H and O–H groups in total. The third-order valence-electron chi connectivity index (χ3n) is 3.01. The van der Waals surface area contributed by atoms with Gasteiger partial charge in [-0.3, -0.25) is 4.79 Å². The molecule has 1 aliphatic heterocycles. The van der Waals surface area contributed by atoms with Crippen molar-refractivity contribution in [2.45, 2.75) is 19.3 Å². The van der Waals surface area contributed by atoms with E-state index in [1.165, 1.54) is 7.76 Å². The predicted molar refractivity (Wildman–Crippen MR) is 86.6 cm³/mol. The molecule has 2 heterocycles. The average Bonchev–Trinajstić information content (AvgIpc) is 2.76. The van der Waals surface area contributed by atoms with Crippen LogP contribution < -0.4 is 10.6 Å². The number of carbonyl (C=O) groups excluding carboxylic acids is 1. The zero-order valence-corrected chi connectivity index (χ0v) is 13.9. The molecule has 0 spiro atoms. The highest BCUT2D eigenvalue weighted by molar-refractivity contribution is 14.1. The van der Waals surface area contributed by atoms with E-state index in [0.29, 0.717) is 0 Å². The number of halogens is 2. The molecule has 1 aromatic rings. The lowest BCUT2D eigenvalue weighted by Crippen LogP contribution is -2.38. The molecule has 6 heteroatoms. The topological polar surface area (TPSA) is 41.1 Å². The van der Waals surface area contributed by atoms with Crippen LogP contribution in [0.15, 0.2) is 12.1 Å². The van der Waals surface area contributed by atoms with Crippen molar-refractivity contribution in [2.24, 2.45) is 5.92 Å². The zero-order chi connectivity index (χ0) is 12.1. The van der Waals surface area contributed by atoms with Gasteiger partial charge in [0.15, 0.2) is 0 Å². The summed E-state index contributed by atoms with van der Waals surface area (Å²) in [5, 5.41) is 6.32. The fraction of sp³-hybridized carbons (Fsp3) is 0.583. The molecular formula is C12H18ClIN2OS. The SMILES string of the molecule is Cl.O=C(NCCc1ccc(I)s1)C1CCNCC1. The Morgan fingerprint density at radius 2 is 2.17 bits per heavy atom. The molecule has 0 saturated carbocycles. The molecule has 0 radical (unpaired) electrons. The first kappa shape index (κ1) is 16.2. The molecule has 0 unspecified atom stereocenters. The van der Waals surface area contributed by atoms with Crippen LogP contribution in [0.4, 0.5) is 0 Å². The summed E-state index contributed by atoms with van der Waals surface area (Å²) >= 11 is 4.13. The summed E-state index contributed by atoms with van der Waals surface area (Å²) in [7, 11) is 0. The molecule has 0 atom stereocenters. The molecule has 0 aromatic carbocycles. The number of thiophene rings is 1. The van der Waals surface area contributed by atoms with E-state index in [1.54, 1.807) is 11.3 Å². The Bertz CT molecular complexity index is 380. The van der Waals surface area contributed by atoms with Crippen LogP contribution in [0.1, 0.15) is 17.7 Å². The second-order valence-electron chi connectivity index (χ2n) is 4.27. The molecule has 1 amide bonds. The monoisotopic (exact) mass is 400 g/mol. The fourth-order valence-corrected chi connectivity index (χ4v) is 3.78. The maximum atomic E-state index is 11.9. The van der Waals surface area contributed by atoms with E-state index >= 15 is 0 Å². The molecule has 0 bridgehead atoms. The minimum absolute atomic E-state index is 0. The van der Waals surface area contributed by atoms with Gasteiger partial charge in [0.05, 0.1) is 2.88 Å². The normalized spacial score (nSPS) is 16.1. The lowest BCUT2D eigenvalue weighted by atomic mass is 9.97. The molecule has 0 aliphatic carbocycles. The van der Waals surface area contributed by atoms with Crippen molar-refractivity contribution in [3.05, 3.63) is 19.9 Å². The third-order valence-corrected chi connectivity index (χ3v) is 4.96. The van der Waals surface area contributed by atoms with Crippen molar-refractivity contribution in [1.82, 2.24) is 10.6 Å². The summed E-state index contributed by atoms with van der Waals surface area (Å²) in [4.78, 5) is 13.2. The quantitative estimate of drug-likeness (QED) is 0.762. The van der Waals surface area contributed by atoms with Gasteiger partial charge in [-0.2, -0.15) is 0 Å². The number of piperidine rings is 1. The van der Waals surface area contributed by atoms with Crippen molar-refractivity contribution in [1.29, 1.82) is 0 Å². The van der Waals surface area contributed by atoms with E-state index < -0.39 is 0 Å². The van der Waals surface area contributed by atoms with Gasteiger partial charge in [0.1, 0.15) is 0 Å². The molecule has 102 valence electrons. The van der Waals surface area contributed by atoms with Gasteiger partial charge in [-0.05, 0) is 67.1 Å². The van der Waals surface area contributed by atoms with Crippen LogP contribution >= 0.6 is 46.3 Å². The molecule has 2 rings (SSSR count). The van der Waals surface area contributed by atoms with Crippen molar-refractivity contribution >= 4 is 52.2 Å². The number of amides is 1. The van der Waals surface area contributed by atoms with E-state index in [-0.39, 0.29) is 24.2 Å². The van der Waals surface area contributed by atoms with Crippen LogP contribution in [0.25, 0.3) is 0 Å². The van der Waals surface area contributed by atoms with Gasteiger partial charge in [0.2, 0.25) is 5.91 Å². The lowest BCUT2D eigenvalue weighted by molar-refractivity contribution is -0.125. The number of hydrogen-bond donors (Lipinski definition) is 2. The standard InChI is InChI=1S/C12H17IN2OS.ClH/c13-11-2-1-10(17-11)5-8-15-12(16)9-3-6-14-7-4-9;/h1-2,9,14H,3-8H2,(H,15,16);1H. The maximum Gasteiger partial charge on any atom is 0.223 e. The van der Waals surface area contributed by atoms with Crippen LogP contribution in [0.2, 0.25) is 0 Å². The summed E-state index contributed by atoms with van der Waals surface area (Å²) in [5.41, 5.74) is 0. The molecule has 1 aliphatic rings. The van der Waals surface area contributed by atoms with Crippen LogP contribution in [0.3, 0.4) is 0 Å². The third kappa shape index (κ3) is 5.03. The van der Waals surface area contributed by atoms with E-state index in [4.69, 9.17) is 0 Å². The maximum absolute atomic E-state index is 11.9. The zero-order valence-electron chi connectivity index (χ0n) is 10.1. The predicted octanol–water partition coefficient (Wildman–Crippen LogP) is 2.43. The smallest absolute Gasteiger partial charge is 0.223 e. The largest absolute Gasteiger partial charge is 0.355 e. The van der Waals surface area contributed by atoms with Gasteiger partial charge in [0, 0.05) is 17.3 Å². The van der Waals surface area contributed by atoms with E-state index in [1.807, 2.05) is 0 Å². The minimum Gasteiger partial charge on any atom is -0.355 e. The highest BCUT2D eigenvalue weighted by atomic mass is 127. The van der Waals surface area contributed by atoms with Crippen LogP contribution in [0.5, 0.6) is 0 Å². The molecule has 1 saturated heterocycles. The molecule has 3 nitrogen and oxygen atoms in total. The number of rotatable bonds is 4. The number of hydrogen-bond acceptors (Lipinski definition) is 3. The van der Waals surface area contributed by atoms with Crippen LogP contribution in [-0.4, -0.2) is 25.5 Å². The van der Waals surface area contributed by atoms with Gasteiger partial charge in [-0.1, -0.05) is 0 Å². The van der Waals surface area contributed by atoms with Crippen molar-refractivity contribution in [3.63, 3.8) is 0 Å². The minimum atomic E-state index is 0. The summed E-state index contributed by atoms with van der Waals surface area (Å²) < 4.78 is 1.31. The van der Waals surface area contributed by atoms with E-state index in [2.05, 4.69) is 45.4 Å². The molecule has 1 fully saturated rings. The van der Waals surface area contributed by atoms with Gasteiger partial charge in [-0.15, -0.1) is 23.7 Å². The Morgan fingerprint density at radius 1 is 1.44 bits per heavy atom. The first-order valence-electron chi connectivity index (χ1n) is 5.98. The number of carbonyl (C=O) groups is 1. The van der Waals surface area contributed by atoms with Crippen LogP contribution in [-0.2, 0) is 11.2 Å². The Morgan fingerprint density at radius 3 is 2.78 bits per heavy atom. The first-order chi connectivity index (χ1) is 8.25. The highest BCUT2D eigenvalue weighted by Gasteiger charge is 2.20. The van der Waals surface area contributed by atoms with Gasteiger partial charge in [-0.25, -0.2) is 0 Å². The summed E-state index contributed by atoms with van der Waals surface area (Å²) in [6.07, 6.45) is 2.90. The Labute approximate surface area is 132 Å². The Kier molecular flexibility index (Phi) is 7.51. The van der Waals surface area contributed by atoms with Crippen LogP contribution in [0, 0.1) is 8.80 Å². The Hall–Kier alpha value is 0.150. The molecular weight excluding hydrogens is 383 g/mol. The van der Waals surface area contributed by atoms with Gasteiger partial charge in [0.25, 0.3) is 0 Å². The van der Waals surface area contributed by atoms with Gasteiger partial charge >= 0.3 is 0 Å². The number of nitrogens with one attached hydrogen (secondary N) is 2. The fourth-order valence-electron chi connectivity index (χ4n) is 2.02.